The Hall–Kier alpha value is -0.810. The van der Waals surface area contributed by atoms with E-state index in [1.165, 1.54) is 0 Å². The summed E-state index contributed by atoms with van der Waals surface area (Å²) in [5.74, 6) is 5.00. The maximum absolute atomic E-state index is 11.1. The van der Waals surface area contributed by atoms with E-state index in [4.69, 9.17) is 10.9 Å². The Morgan fingerprint density at radius 3 is 2.67 bits per heavy atom. The lowest BCUT2D eigenvalue weighted by Gasteiger charge is -2.36. The fourth-order valence-corrected chi connectivity index (χ4v) is 1.34. The van der Waals surface area contributed by atoms with E-state index in [0.717, 1.165) is 19.3 Å². The number of rotatable bonds is 3. The molecule has 0 unspecified atom stereocenters. The van der Waals surface area contributed by atoms with E-state index < -0.39 is 0 Å². The van der Waals surface area contributed by atoms with Gasteiger partial charge in [0.2, 0.25) is 0 Å². The molecule has 0 radical (unpaired) electrons. The second kappa shape index (κ2) is 4.27. The lowest BCUT2D eigenvalue weighted by molar-refractivity contribution is 0.118. The van der Waals surface area contributed by atoms with E-state index >= 15 is 0 Å². The lowest BCUT2D eigenvalue weighted by Crippen LogP contribution is -2.51. The summed E-state index contributed by atoms with van der Waals surface area (Å²) in [6, 6.07) is -0.0190. The van der Waals surface area contributed by atoms with Crippen LogP contribution in [0, 0.1) is 0 Å². The van der Waals surface area contributed by atoms with Crippen LogP contribution in [0.1, 0.15) is 19.3 Å². The molecular formula is C7H15N3O2. The van der Waals surface area contributed by atoms with Gasteiger partial charge in [0.1, 0.15) is 0 Å². The Morgan fingerprint density at radius 1 is 1.67 bits per heavy atom. The molecule has 1 aliphatic carbocycles. The highest BCUT2D eigenvalue weighted by atomic mass is 16.3. The number of nitrogens with two attached hydrogens (primary N) is 1. The summed E-state index contributed by atoms with van der Waals surface area (Å²) < 4.78 is 0. The van der Waals surface area contributed by atoms with Gasteiger partial charge in [-0.1, -0.05) is 0 Å². The molecule has 0 aromatic carbocycles. The van der Waals surface area contributed by atoms with Crippen molar-refractivity contribution in [1.82, 2.24) is 10.3 Å². The van der Waals surface area contributed by atoms with Crippen LogP contribution in [-0.2, 0) is 0 Å². The van der Waals surface area contributed by atoms with Gasteiger partial charge in [-0.15, -0.1) is 0 Å². The van der Waals surface area contributed by atoms with Gasteiger partial charge >= 0.3 is 6.03 Å². The molecule has 0 bridgehead atoms. The number of amides is 2. The Labute approximate surface area is 71.5 Å². The van der Waals surface area contributed by atoms with Crippen molar-refractivity contribution in [2.24, 2.45) is 5.84 Å². The van der Waals surface area contributed by atoms with Crippen LogP contribution in [-0.4, -0.2) is 35.2 Å². The van der Waals surface area contributed by atoms with Crippen molar-refractivity contribution in [3.63, 3.8) is 0 Å². The van der Waals surface area contributed by atoms with Gasteiger partial charge in [0.15, 0.2) is 0 Å². The largest absolute Gasteiger partial charge is 0.395 e. The molecule has 4 N–H and O–H groups in total. The fraction of sp³-hybridized carbons (Fsp3) is 0.857. The Morgan fingerprint density at radius 2 is 2.33 bits per heavy atom. The van der Waals surface area contributed by atoms with Crippen LogP contribution >= 0.6 is 0 Å². The molecule has 0 spiro atoms. The minimum Gasteiger partial charge on any atom is -0.395 e. The minimum atomic E-state index is -0.297. The molecule has 1 aliphatic rings. The average molecular weight is 173 g/mol. The number of hydrogen-bond acceptors (Lipinski definition) is 3. The number of aliphatic hydroxyl groups is 1. The molecule has 1 fully saturated rings. The molecule has 5 nitrogen and oxygen atoms in total. The van der Waals surface area contributed by atoms with Crippen molar-refractivity contribution in [2.75, 3.05) is 13.2 Å². The quantitative estimate of drug-likeness (QED) is 0.303. The molecule has 0 saturated heterocycles. The number of hydrogen-bond donors (Lipinski definition) is 3. The van der Waals surface area contributed by atoms with Crippen molar-refractivity contribution in [2.45, 2.75) is 25.3 Å². The molecule has 0 aromatic rings. The zero-order valence-electron chi connectivity index (χ0n) is 6.99. The predicted molar refractivity (Wildman–Crippen MR) is 44.1 cm³/mol. The molecule has 1 rings (SSSR count). The summed E-state index contributed by atoms with van der Waals surface area (Å²) in [7, 11) is 0. The van der Waals surface area contributed by atoms with Crippen LogP contribution in [0.3, 0.4) is 0 Å². The lowest BCUT2D eigenvalue weighted by atomic mass is 9.92. The van der Waals surface area contributed by atoms with Gasteiger partial charge in [0.25, 0.3) is 0 Å². The number of nitrogens with one attached hydrogen (secondary N) is 1. The summed E-state index contributed by atoms with van der Waals surface area (Å²) in [4.78, 5) is 12.7. The first kappa shape index (κ1) is 9.28. The van der Waals surface area contributed by atoms with E-state index in [0.29, 0.717) is 6.54 Å². The first-order valence-corrected chi connectivity index (χ1v) is 4.17. The maximum Gasteiger partial charge on any atom is 0.331 e. The number of carbonyl (C=O) groups is 1. The zero-order chi connectivity index (χ0) is 8.97. The second-order valence-electron chi connectivity index (χ2n) is 2.95. The van der Waals surface area contributed by atoms with Gasteiger partial charge in [-0.25, -0.2) is 10.6 Å². The molecule has 0 atom stereocenters. The van der Waals surface area contributed by atoms with Crippen molar-refractivity contribution >= 4 is 6.03 Å². The third-order valence-corrected chi connectivity index (χ3v) is 2.24. The third kappa shape index (κ3) is 1.86. The van der Waals surface area contributed by atoms with Gasteiger partial charge in [-0.05, 0) is 19.3 Å². The summed E-state index contributed by atoms with van der Waals surface area (Å²) in [6.45, 7) is 0.359. The van der Waals surface area contributed by atoms with E-state index in [-0.39, 0.29) is 18.7 Å². The van der Waals surface area contributed by atoms with Crippen LogP contribution in [0.2, 0.25) is 0 Å². The van der Waals surface area contributed by atoms with Gasteiger partial charge in [0, 0.05) is 12.6 Å². The highest BCUT2D eigenvalue weighted by Crippen LogP contribution is 2.24. The van der Waals surface area contributed by atoms with Crippen LogP contribution in [0.4, 0.5) is 4.79 Å². The highest BCUT2D eigenvalue weighted by molar-refractivity contribution is 5.73. The van der Waals surface area contributed by atoms with Crippen molar-refractivity contribution in [3.8, 4) is 0 Å². The minimum absolute atomic E-state index is 0.0100. The van der Waals surface area contributed by atoms with Crippen molar-refractivity contribution in [3.05, 3.63) is 0 Å². The van der Waals surface area contributed by atoms with Gasteiger partial charge < -0.3 is 10.0 Å². The summed E-state index contributed by atoms with van der Waals surface area (Å²) >= 11 is 0. The zero-order valence-corrected chi connectivity index (χ0v) is 6.99. The standard InChI is InChI=1S/C7H15N3O2/c8-9-7(12)10(4-5-11)6-2-1-3-6/h6,11H,1-5,8H2,(H,9,12). The third-order valence-electron chi connectivity index (χ3n) is 2.24. The van der Waals surface area contributed by atoms with Crippen LogP contribution in [0.15, 0.2) is 0 Å². The molecule has 0 aliphatic heterocycles. The van der Waals surface area contributed by atoms with Gasteiger partial charge in [-0.2, -0.15) is 0 Å². The first-order valence-electron chi connectivity index (χ1n) is 4.17. The predicted octanol–water partition coefficient (Wildman–Crippen LogP) is -0.584. The average Bonchev–Trinajstić information content (AvgIpc) is 1.99. The summed E-state index contributed by atoms with van der Waals surface area (Å²) in [5, 5.41) is 8.69. The molecule has 0 aromatic heterocycles. The van der Waals surface area contributed by atoms with E-state index in [1.54, 1.807) is 4.90 Å². The van der Waals surface area contributed by atoms with Crippen LogP contribution in [0.25, 0.3) is 0 Å². The molecule has 1 saturated carbocycles. The number of aliphatic hydroxyl groups excluding tert-OH is 1. The second-order valence-corrected chi connectivity index (χ2v) is 2.95. The van der Waals surface area contributed by atoms with Crippen LogP contribution in [0.5, 0.6) is 0 Å². The number of urea groups is 1. The summed E-state index contributed by atoms with van der Waals surface area (Å²) in [5.41, 5.74) is 2.07. The Kier molecular flexibility index (Phi) is 3.31. The van der Waals surface area contributed by atoms with E-state index in [1.807, 2.05) is 0 Å². The van der Waals surface area contributed by atoms with Crippen molar-refractivity contribution < 1.29 is 9.90 Å². The molecule has 2 amide bonds. The smallest absolute Gasteiger partial charge is 0.331 e. The molecule has 5 heteroatoms. The monoisotopic (exact) mass is 173 g/mol. The molecule has 12 heavy (non-hydrogen) atoms. The van der Waals surface area contributed by atoms with Crippen LogP contribution < -0.4 is 11.3 Å². The Balaban J connectivity index is 2.41. The van der Waals surface area contributed by atoms with Gasteiger partial charge in [-0.3, -0.25) is 5.43 Å². The Bertz CT molecular complexity index is 159. The highest BCUT2D eigenvalue weighted by Gasteiger charge is 2.27. The topological polar surface area (TPSA) is 78.6 Å². The number of carbonyl (C=O) groups excluding carboxylic acids is 1. The van der Waals surface area contributed by atoms with E-state index in [2.05, 4.69) is 5.43 Å². The SMILES string of the molecule is NNC(=O)N(CCO)C1CCC1. The van der Waals surface area contributed by atoms with E-state index in [9.17, 15) is 4.79 Å². The maximum atomic E-state index is 11.1. The molecule has 70 valence electrons. The van der Waals surface area contributed by atoms with Crippen molar-refractivity contribution in [1.29, 1.82) is 0 Å². The number of hydrazine groups is 1. The summed E-state index contributed by atoms with van der Waals surface area (Å²) in [6.07, 6.45) is 3.20. The van der Waals surface area contributed by atoms with Gasteiger partial charge in [0.05, 0.1) is 6.61 Å². The molecule has 0 heterocycles. The number of nitrogens with zero attached hydrogens (tertiary/aromatic N) is 1. The first-order chi connectivity index (χ1) is 5.79. The normalized spacial score (nSPS) is 16.8. The fourth-order valence-electron chi connectivity index (χ4n) is 1.34. The molecular weight excluding hydrogens is 158 g/mol.